The molecule has 1 aliphatic heterocycles. The van der Waals surface area contributed by atoms with E-state index in [1.165, 1.54) is 25.1 Å². The maximum Gasteiger partial charge on any atom is 0.269 e. The van der Waals surface area contributed by atoms with E-state index in [1.54, 1.807) is 37.4 Å². The first kappa shape index (κ1) is 21.2. The minimum atomic E-state index is -0.513. The lowest BCUT2D eigenvalue weighted by Crippen LogP contribution is -2.26. The third-order valence-electron chi connectivity index (χ3n) is 4.78. The lowest BCUT2D eigenvalue weighted by molar-refractivity contribution is -0.118. The van der Waals surface area contributed by atoms with Crippen molar-refractivity contribution < 1.29 is 18.7 Å². The number of halogens is 1. The van der Waals surface area contributed by atoms with E-state index >= 15 is 0 Å². The van der Waals surface area contributed by atoms with Gasteiger partial charge < -0.3 is 15.0 Å². The number of pyridine rings is 1. The fraction of sp³-hybridized carbons (Fsp3) is 0.273. The van der Waals surface area contributed by atoms with Gasteiger partial charge in [-0.15, -0.1) is 0 Å². The van der Waals surface area contributed by atoms with Crippen molar-refractivity contribution in [3.05, 3.63) is 65.2 Å². The van der Waals surface area contributed by atoms with Crippen LogP contribution in [0.15, 0.2) is 53.3 Å². The molecule has 0 spiro atoms. The van der Waals surface area contributed by atoms with E-state index in [9.17, 15) is 14.0 Å². The molecule has 0 saturated heterocycles. The zero-order chi connectivity index (χ0) is 21.7. The third-order valence-corrected chi connectivity index (χ3v) is 4.78. The van der Waals surface area contributed by atoms with Crippen molar-refractivity contribution >= 4 is 23.2 Å². The Bertz CT molecular complexity index is 1030. The summed E-state index contributed by atoms with van der Waals surface area (Å²) in [5, 5.41) is 2.79. The van der Waals surface area contributed by atoms with Crippen LogP contribution in [0.2, 0.25) is 0 Å². The largest absolute Gasteiger partial charge is 0.481 e. The molecule has 1 N–H and O–H groups in total. The molecule has 2 aromatic rings. The Morgan fingerprint density at radius 2 is 2.10 bits per heavy atom. The minimum Gasteiger partial charge on any atom is -0.481 e. The van der Waals surface area contributed by atoms with Crippen LogP contribution in [0.4, 0.5) is 10.1 Å². The molecular weight excluding hydrogens is 387 g/mol. The van der Waals surface area contributed by atoms with E-state index in [2.05, 4.69) is 15.3 Å². The molecule has 8 heteroatoms. The average Bonchev–Trinajstić information content (AvgIpc) is 3.27. The summed E-state index contributed by atoms with van der Waals surface area (Å²) < 4.78 is 19.7. The molecule has 0 fully saturated rings. The number of methoxy groups -OCH3 is 1. The number of hydrogen-bond acceptors (Lipinski definition) is 5. The van der Waals surface area contributed by atoms with E-state index < -0.39 is 5.82 Å². The number of ether oxygens (including phenoxy) is 1. The van der Waals surface area contributed by atoms with Gasteiger partial charge in [-0.05, 0) is 29.8 Å². The molecule has 1 aromatic carbocycles. The Morgan fingerprint density at radius 3 is 2.80 bits per heavy atom. The number of nitrogens with one attached hydrogen (secondary N) is 1. The topological polar surface area (TPSA) is 83.9 Å². The zero-order valence-electron chi connectivity index (χ0n) is 17.1. The fourth-order valence-electron chi connectivity index (χ4n) is 3.09. The van der Waals surface area contributed by atoms with Crippen molar-refractivity contribution in [2.45, 2.75) is 26.3 Å². The number of aromatic nitrogens is 1. The van der Waals surface area contributed by atoms with Gasteiger partial charge in [0.25, 0.3) is 5.91 Å². The van der Waals surface area contributed by atoms with Crippen LogP contribution in [0, 0.1) is 5.82 Å². The third kappa shape index (κ3) is 4.53. The first-order valence-electron chi connectivity index (χ1n) is 9.54. The van der Waals surface area contributed by atoms with Gasteiger partial charge in [-0.3, -0.25) is 9.59 Å². The average molecular weight is 410 g/mol. The minimum absolute atomic E-state index is 0.175. The second-order valence-corrected chi connectivity index (χ2v) is 6.68. The van der Waals surface area contributed by atoms with E-state index in [4.69, 9.17) is 4.74 Å². The summed E-state index contributed by atoms with van der Waals surface area (Å²) >= 11 is 0. The quantitative estimate of drug-likeness (QED) is 0.761. The Morgan fingerprint density at radius 1 is 1.30 bits per heavy atom. The van der Waals surface area contributed by atoms with Gasteiger partial charge in [0.1, 0.15) is 11.5 Å². The lowest BCUT2D eigenvalue weighted by Gasteiger charge is -2.17. The van der Waals surface area contributed by atoms with Gasteiger partial charge in [-0.1, -0.05) is 19.1 Å². The molecule has 1 aromatic heterocycles. The summed E-state index contributed by atoms with van der Waals surface area (Å²) in [6, 6.07) is 8.16. The first-order valence-corrected chi connectivity index (χ1v) is 9.54. The van der Waals surface area contributed by atoms with Crippen LogP contribution in [-0.4, -0.2) is 36.7 Å². The molecular formula is C22H23FN4O3. The molecule has 2 amide bonds. The molecule has 0 radical (unpaired) electrons. The molecule has 2 heterocycles. The highest BCUT2D eigenvalue weighted by Crippen LogP contribution is 2.24. The number of hydrogen-bond donors (Lipinski definition) is 1. The Kier molecular flexibility index (Phi) is 6.56. The van der Waals surface area contributed by atoms with Gasteiger partial charge in [0.2, 0.25) is 11.8 Å². The summed E-state index contributed by atoms with van der Waals surface area (Å²) in [4.78, 5) is 34.0. The number of amides is 2. The molecule has 7 nitrogen and oxygen atoms in total. The first-order chi connectivity index (χ1) is 14.4. The number of aliphatic imine (C=N–C) groups is 1. The number of rotatable bonds is 7. The van der Waals surface area contributed by atoms with Crippen molar-refractivity contribution in [2.75, 3.05) is 19.1 Å². The van der Waals surface area contributed by atoms with Crippen LogP contribution >= 0.6 is 0 Å². The lowest BCUT2D eigenvalue weighted by atomic mass is 10.1. The highest BCUT2D eigenvalue weighted by molar-refractivity contribution is 6.08. The van der Waals surface area contributed by atoms with Crippen molar-refractivity contribution in [3.63, 3.8) is 0 Å². The molecule has 0 bridgehead atoms. The van der Waals surface area contributed by atoms with Crippen LogP contribution in [0.1, 0.15) is 30.9 Å². The predicted molar refractivity (Wildman–Crippen MR) is 112 cm³/mol. The molecule has 30 heavy (non-hydrogen) atoms. The van der Waals surface area contributed by atoms with E-state index in [-0.39, 0.29) is 36.2 Å². The highest BCUT2D eigenvalue weighted by atomic mass is 19.1. The molecule has 0 saturated carbocycles. The van der Waals surface area contributed by atoms with Crippen LogP contribution in [0.3, 0.4) is 0 Å². The van der Waals surface area contributed by atoms with Gasteiger partial charge in [0.15, 0.2) is 0 Å². The summed E-state index contributed by atoms with van der Waals surface area (Å²) in [5.74, 6) is -0.572. The second kappa shape index (κ2) is 9.30. The smallest absolute Gasteiger partial charge is 0.269 e. The molecule has 1 aliphatic rings. The summed E-state index contributed by atoms with van der Waals surface area (Å²) in [5.41, 5.74) is 2.39. The fourth-order valence-corrected chi connectivity index (χ4v) is 3.09. The normalized spacial score (nSPS) is 12.8. The van der Waals surface area contributed by atoms with Gasteiger partial charge >= 0.3 is 0 Å². The highest BCUT2D eigenvalue weighted by Gasteiger charge is 2.19. The van der Waals surface area contributed by atoms with E-state index in [1.807, 2.05) is 6.07 Å². The molecule has 0 unspecified atom stereocenters. The maximum atomic E-state index is 14.5. The van der Waals surface area contributed by atoms with E-state index in [0.717, 1.165) is 5.56 Å². The number of allylic oxidation sites excluding steroid dienone is 1. The monoisotopic (exact) mass is 410 g/mol. The Labute approximate surface area is 174 Å². The molecule has 0 atom stereocenters. The number of benzene rings is 1. The van der Waals surface area contributed by atoms with Gasteiger partial charge in [-0.25, -0.2) is 14.4 Å². The standard InChI is InChI=1S/C22H23FN4O3/c1-4-20(28)27(2)19-10-7-14(12-16(19)23)17-8-9-18(26-17)21(29)25-13-15-6-5-11-24-22(15)30-3/h5-7,9-12H,4,8,13H2,1-3H3,(H,25,29). The number of nitrogens with zero attached hydrogens (tertiary/aromatic N) is 3. The number of carbonyl (C=O) groups is 2. The Hall–Kier alpha value is -3.55. The molecule has 0 aliphatic carbocycles. The van der Waals surface area contributed by atoms with Gasteiger partial charge in [-0.2, -0.15) is 0 Å². The molecule has 3 rings (SSSR count). The maximum absolute atomic E-state index is 14.5. The van der Waals surface area contributed by atoms with Crippen LogP contribution in [-0.2, 0) is 16.1 Å². The number of carbonyl (C=O) groups excluding carboxylic acids is 2. The summed E-state index contributed by atoms with van der Waals surface area (Å²) in [6.07, 6.45) is 4.02. The van der Waals surface area contributed by atoms with Gasteiger partial charge in [0, 0.05) is 38.2 Å². The van der Waals surface area contributed by atoms with Crippen molar-refractivity contribution in [1.29, 1.82) is 0 Å². The summed E-state index contributed by atoms with van der Waals surface area (Å²) in [6.45, 7) is 1.97. The van der Waals surface area contributed by atoms with Crippen molar-refractivity contribution in [3.8, 4) is 5.88 Å². The van der Waals surface area contributed by atoms with Gasteiger partial charge in [0.05, 0.1) is 18.5 Å². The van der Waals surface area contributed by atoms with Crippen LogP contribution in [0.25, 0.3) is 0 Å². The van der Waals surface area contributed by atoms with Crippen molar-refractivity contribution in [1.82, 2.24) is 10.3 Å². The molecule has 156 valence electrons. The number of anilines is 1. The zero-order valence-corrected chi connectivity index (χ0v) is 17.1. The van der Waals surface area contributed by atoms with E-state index in [0.29, 0.717) is 23.6 Å². The van der Waals surface area contributed by atoms with Crippen molar-refractivity contribution in [2.24, 2.45) is 4.99 Å². The second-order valence-electron chi connectivity index (χ2n) is 6.68. The van der Waals surface area contributed by atoms with Crippen LogP contribution < -0.4 is 15.0 Å². The van der Waals surface area contributed by atoms with Crippen LogP contribution in [0.5, 0.6) is 5.88 Å². The predicted octanol–water partition coefficient (Wildman–Crippen LogP) is 3.00. The summed E-state index contributed by atoms with van der Waals surface area (Å²) in [7, 11) is 3.06. The Balaban J connectivity index is 1.68. The SMILES string of the molecule is CCC(=O)N(C)c1ccc(C2=NC(C(=O)NCc3cccnc3OC)=CC2)cc1F.